The Morgan fingerprint density at radius 1 is 1.15 bits per heavy atom. The molecule has 2 aromatic carbocycles. The highest BCUT2D eigenvalue weighted by atomic mass is 79.9. The number of amides is 1. The molecule has 1 atom stereocenters. The lowest BCUT2D eigenvalue weighted by Gasteiger charge is -2.12. The molecule has 0 fully saturated rings. The number of nitrogens with one attached hydrogen (secondary N) is 1. The largest absolute Gasteiger partial charge is 0.350 e. The van der Waals surface area contributed by atoms with E-state index in [0.29, 0.717) is 12.1 Å². The summed E-state index contributed by atoms with van der Waals surface area (Å²) in [6.45, 7) is 0.378. The molecular weight excluding hydrogens is 405 g/mol. The molecule has 0 radical (unpaired) electrons. The van der Waals surface area contributed by atoms with Crippen LogP contribution in [0.15, 0.2) is 57.5 Å². The van der Waals surface area contributed by atoms with Crippen LogP contribution in [-0.2, 0) is 0 Å². The minimum atomic E-state index is -0.244. The van der Waals surface area contributed by atoms with Gasteiger partial charge in [-0.25, -0.2) is 0 Å². The molecule has 0 aliphatic carbocycles. The number of rotatable bonds is 4. The summed E-state index contributed by atoms with van der Waals surface area (Å²) < 4.78 is 1.61. The Kier molecular flexibility index (Phi) is 5.64. The van der Waals surface area contributed by atoms with Gasteiger partial charge in [-0.3, -0.25) is 4.79 Å². The predicted molar refractivity (Wildman–Crippen MR) is 89.2 cm³/mol. The first kappa shape index (κ1) is 15.5. The Bertz CT molecular complexity index is 604. The second kappa shape index (κ2) is 7.25. The van der Waals surface area contributed by atoms with Crippen LogP contribution in [0.25, 0.3) is 0 Å². The fraction of sp³-hybridized carbons (Fsp3) is 0.133. The van der Waals surface area contributed by atoms with Crippen molar-refractivity contribution in [3.8, 4) is 0 Å². The molecule has 0 spiro atoms. The quantitative estimate of drug-likeness (QED) is 0.703. The first-order valence-corrected chi connectivity index (χ1v) is 8.02. The summed E-state index contributed by atoms with van der Waals surface area (Å²) in [5.74, 6) is -0.153. The maximum atomic E-state index is 12.1. The van der Waals surface area contributed by atoms with E-state index >= 15 is 0 Å². The van der Waals surface area contributed by atoms with Crippen molar-refractivity contribution in [3.05, 3.63) is 68.6 Å². The molecule has 1 unspecified atom stereocenters. The number of benzene rings is 2. The Morgan fingerprint density at radius 3 is 2.55 bits per heavy atom. The first-order chi connectivity index (χ1) is 9.58. The molecule has 104 valence electrons. The standard InChI is InChI=1S/C15H12Br2ClNO/c16-11-6-7-13(17)12(8-11)15(20)19-9-14(18)10-4-2-1-3-5-10/h1-8,14H,9H2,(H,19,20). The van der Waals surface area contributed by atoms with Crippen LogP contribution in [0.1, 0.15) is 21.3 Å². The number of carbonyl (C=O) groups excluding carboxylic acids is 1. The number of hydrogen-bond donors (Lipinski definition) is 1. The molecule has 5 heteroatoms. The average molecular weight is 418 g/mol. The maximum Gasteiger partial charge on any atom is 0.252 e. The molecule has 0 aromatic heterocycles. The monoisotopic (exact) mass is 415 g/mol. The van der Waals surface area contributed by atoms with Gasteiger partial charge in [0, 0.05) is 15.5 Å². The number of hydrogen-bond acceptors (Lipinski definition) is 1. The molecule has 0 aliphatic heterocycles. The van der Waals surface area contributed by atoms with Crippen molar-refractivity contribution in [2.24, 2.45) is 0 Å². The summed E-state index contributed by atoms with van der Waals surface area (Å²) in [6, 6.07) is 15.1. The normalized spacial score (nSPS) is 11.9. The van der Waals surface area contributed by atoms with Gasteiger partial charge >= 0.3 is 0 Å². The Hall–Kier alpha value is -0.840. The van der Waals surface area contributed by atoms with Gasteiger partial charge in [0.25, 0.3) is 5.91 Å². The van der Waals surface area contributed by atoms with Gasteiger partial charge in [0.1, 0.15) is 0 Å². The average Bonchev–Trinajstić information content (AvgIpc) is 2.47. The first-order valence-electron chi connectivity index (χ1n) is 6.00. The highest BCUT2D eigenvalue weighted by molar-refractivity contribution is 9.11. The lowest BCUT2D eigenvalue weighted by molar-refractivity contribution is 0.0953. The van der Waals surface area contributed by atoms with E-state index in [4.69, 9.17) is 11.6 Å². The molecule has 20 heavy (non-hydrogen) atoms. The number of carbonyl (C=O) groups is 1. The lowest BCUT2D eigenvalue weighted by Crippen LogP contribution is -2.27. The van der Waals surface area contributed by atoms with E-state index in [1.165, 1.54) is 0 Å². The lowest BCUT2D eigenvalue weighted by atomic mass is 10.1. The van der Waals surface area contributed by atoms with Crippen LogP contribution in [0.5, 0.6) is 0 Å². The Balaban J connectivity index is 2.00. The van der Waals surface area contributed by atoms with Crippen LogP contribution >= 0.6 is 43.5 Å². The summed E-state index contributed by atoms with van der Waals surface area (Å²) >= 11 is 13.0. The smallest absolute Gasteiger partial charge is 0.252 e. The van der Waals surface area contributed by atoms with Crippen LogP contribution in [0, 0.1) is 0 Å². The second-order valence-corrected chi connectivity index (χ2v) is 6.51. The van der Waals surface area contributed by atoms with E-state index in [0.717, 1.165) is 14.5 Å². The highest BCUT2D eigenvalue weighted by Gasteiger charge is 2.13. The van der Waals surface area contributed by atoms with Crippen LogP contribution in [0.4, 0.5) is 0 Å². The highest BCUT2D eigenvalue weighted by Crippen LogP contribution is 2.22. The molecule has 0 saturated carbocycles. The van der Waals surface area contributed by atoms with Crippen molar-refractivity contribution in [1.29, 1.82) is 0 Å². The van der Waals surface area contributed by atoms with Crippen LogP contribution in [0.3, 0.4) is 0 Å². The summed E-state index contributed by atoms with van der Waals surface area (Å²) in [6.07, 6.45) is 0. The van der Waals surface area contributed by atoms with Crippen molar-refractivity contribution in [2.45, 2.75) is 5.38 Å². The molecular formula is C15H12Br2ClNO. The molecule has 0 saturated heterocycles. The summed E-state index contributed by atoms with van der Waals surface area (Å²) in [7, 11) is 0. The third-order valence-corrected chi connectivity index (χ3v) is 4.37. The molecule has 0 bridgehead atoms. The van der Waals surface area contributed by atoms with Crippen LogP contribution < -0.4 is 5.32 Å². The Morgan fingerprint density at radius 2 is 1.85 bits per heavy atom. The van der Waals surface area contributed by atoms with Gasteiger partial charge < -0.3 is 5.32 Å². The van der Waals surface area contributed by atoms with E-state index in [-0.39, 0.29) is 11.3 Å². The van der Waals surface area contributed by atoms with Gasteiger partial charge in [-0.05, 0) is 39.7 Å². The van der Waals surface area contributed by atoms with Gasteiger partial charge in [-0.2, -0.15) is 0 Å². The maximum absolute atomic E-state index is 12.1. The topological polar surface area (TPSA) is 29.1 Å². The minimum Gasteiger partial charge on any atom is -0.350 e. The van der Waals surface area contributed by atoms with E-state index in [2.05, 4.69) is 37.2 Å². The SMILES string of the molecule is O=C(NCC(Cl)c1ccccc1)c1cc(Br)ccc1Br. The molecule has 2 rings (SSSR count). The van der Waals surface area contributed by atoms with Crippen molar-refractivity contribution in [1.82, 2.24) is 5.32 Å². The Labute approximate surface area is 139 Å². The zero-order chi connectivity index (χ0) is 14.5. The minimum absolute atomic E-state index is 0.153. The van der Waals surface area contributed by atoms with Gasteiger partial charge in [0.2, 0.25) is 0 Å². The van der Waals surface area contributed by atoms with E-state index in [9.17, 15) is 4.79 Å². The zero-order valence-corrected chi connectivity index (χ0v) is 14.4. The van der Waals surface area contributed by atoms with Crippen molar-refractivity contribution in [2.75, 3.05) is 6.54 Å². The van der Waals surface area contributed by atoms with Gasteiger partial charge in [-0.1, -0.05) is 46.3 Å². The van der Waals surface area contributed by atoms with Crippen molar-refractivity contribution < 1.29 is 4.79 Å². The molecule has 1 N–H and O–H groups in total. The molecule has 0 aliphatic rings. The van der Waals surface area contributed by atoms with E-state index in [1.54, 1.807) is 6.07 Å². The molecule has 2 aromatic rings. The van der Waals surface area contributed by atoms with E-state index in [1.807, 2.05) is 42.5 Å². The third-order valence-electron chi connectivity index (χ3n) is 2.78. The van der Waals surface area contributed by atoms with Crippen LogP contribution in [-0.4, -0.2) is 12.5 Å². The van der Waals surface area contributed by atoms with Gasteiger partial charge in [-0.15, -0.1) is 11.6 Å². The number of alkyl halides is 1. The van der Waals surface area contributed by atoms with Crippen molar-refractivity contribution in [3.63, 3.8) is 0 Å². The van der Waals surface area contributed by atoms with Crippen molar-refractivity contribution >= 4 is 49.4 Å². The van der Waals surface area contributed by atoms with E-state index < -0.39 is 0 Å². The summed E-state index contributed by atoms with van der Waals surface area (Å²) in [5, 5.41) is 2.60. The predicted octanol–water partition coefficient (Wildman–Crippen LogP) is 4.92. The van der Waals surface area contributed by atoms with Gasteiger partial charge in [0.05, 0.1) is 10.9 Å². The van der Waals surface area contributed by atoms with Gasteiger partial charge in [0.15, 0.2) is 0 Å². The second-order valence-electron chi connectivity index (χ2n) is 4.21. The molecule has 0 heterocycles. The number of halogens is 3. The fourth-order valence-electron chi connectivity index (χ4n) is 1.73. The summed E-state index contributed by atoms with van der Waals surface area (Å²) in [4.78, 5) is 12.1. The summed E-state index contributed by atoms with van der Waals surface area (Å²) in [5.41, 5.74) is 1.57. The zero-order valence-electron chi connectivity index (χ0n) is 10.4. The van der Waals surface area contributed by atoms with Crippen LogP contribution in [0.2, 0.25) is 0 Å². The molecule has 2 nitrogen and oxygen atoms in total. The third kappa shape index (κ3) is 4.08. The molecule has 1 amide bonds. The fourth-order valence-corrected chi connectivity index (χ4v) is 2.74.